The molecule has 4 rings (SSSR count). The van der Waals surface area contributed by atoms with Crippen LogP contribution in [0.15, 0.2) is 60.7 Å². The Kier molecular flexibility index (Phi) is 4.37. The molecule has 0 radical (unpaired) electrons. The maximum absolute atomic E-state index is 12.4. The molecule has 25 heavy (non-hydrogen) atoms. The molecule has 0 saturated heterocycles. The molecule has 0 atom stereocenters. The highest BCUT2D eigenvalue weighted by Gasteiger charge is 2.20. The van der Waals surface area contributed by atoms with Crippen LogP contribution in [0.2, 0.25) is 0 Å². The maximum Gasteiger partial charge on any atom is 0.262 e. The van der Waals surface area contributed by atoms with Gasteiger partial charge in [0.2, 0.25) is 0 Å². The Balaban J connectivity index is 1.46. The fourth-order valence-corrected chi connectivity index (χ4v) is 4.25. The number of hydrogen-bond acceptors (Lipinski definition) is 2. The number of fused-ring (bicyclic) bond motifs is 3. The molecule has 2 nitrogen and oxygen atoms in total. The molecule has 0 bridgehead atoms. The molecule has 122 valence electrons. The van der Waals surface area contributed by atoms with Crippen molar-refractivity contribution < 1.29 is 4.79 Å². The van der Waals surface area contributed by atoms with Gasteiger partial charge in [-0.1, -0.05) is 54.3 Å². The van der Waals surface area contributed by atoms with E-state index in [1.54, 1.807) is 11.3 Å². The predicted molar refractivity (Wildman–Crippen MR) is 103 cm³/mol. The predicted octanol–water partition coefficient (Wildman–Crippen LogP) is 4.30. The third-order valence-corrected chi connectivity index (χ3v) is 5.51. The van der Waals surface area contributed by atoms with Crippen LogP contribution in [0.5, 0.6) is 0 Å². The molecule has 1 heterocycles. The first-order chi connectivity index (χ1) is 12.3. The van der Waals surface area contributed by atoms with Crippen molar-refractivity contribution in [2.75, 3.05) is 6.54 Å². The smallest absolute Gasteiger partial charge is 0.262 e. The lowest BCUT2D eigenvalue weighted by Crippen LogP contribution is -2.22. The molecule has 2 aromatic carbocycles. The van der Waals surface area contributed by atoms with Gasteiger partial charge in [-0.3, -0.25) is 4.79 Å². The molecule has 3 aromatic rings. The van der Waals surface area contributed by atoms with Crippen LogP contribution in [0.1, 0.15) is 26.4 Å². The first-order valence-electron chi connectivity index (χ1n) is 8.34. The fourth-order valence-electron chi connectivity index (χ4n) is 3.06. The second kappa shape index (κ2) is 6.96. The second-order valence-electron chi connectivity index (χ2n) is 5.97. The first kappa shape index (κ1) is 15.7. The number of carbonyl (C=O) groups is 1. The quantitative estimate of drug-likeness (QED) is 0.691. The van der Waals surface area contributed by atoms with E-state index in [0.717, 1.165) is 23.3 Å². The molecule has 0 fully saturated rings. The highest BCUT2D eigenvalue weighted by molar-refractivity contribution is 7.17. The minimum atomic E-state index is -0.0424. The Morgan fingerprint density at radius 1 is 1.00 bits per heavy atom. The largest absolute Gasteiger partial charge is 0.340 e. The second-order valence-corrected chi connectivity index (χ2v) is 7.02. The zero-order valence-corrected chi connectivity index (χ0v) is 14.5. The van der Waals surface area contributed by atoms with E-state index in [2.05, 4.69) is 41.4 Å². The molecular weight excluding hydrogens is 326 g/mol. The van der Waals surface area contributed by atoms with Crippen LogP contribution in [0.4, 0.5) is 0 Å². The zero-order valence-electron chi connectivity index (χ0n) is 13.7. The molecule has 0 saturated carbocycles. The number of hydrogen-bond donors (Lipinski definition) is 1. The van der Waals surface area contributed by atoms with Crippen molar-refractivity contribution in [1.82, 2.24) is 5.32 Å². The lowest BCUT2D eigenvalue weighted by atomic mass is 9.91. The van der Waals surface area contributed by atoms with Gasteiger partial charge >= 0.3 is 0 Å². The molecule has 1 aliphatic carbocycles. The molecule has 0 unspecified atom stereocenters. The van der Waals surface area contributed by atoms with Crippen LogP contribution in [0, 0.1) is 11.8 Å². The van der Waals surface area contributed by atoms with Gasteiger partial charge in [-0.05, 0) is 47.7 Å². The Hall–Kier alpha value is -2.83. The summed E-state index contributed by atoms with van der Waals surface area (Å²) in [4.78, 5) is 14.4. The molecule has 1 aromatic heterocycles. The molecule has 0 aliphatic heterocycles. The summed E-state index contributed by atoms with van der Waals surface area (Å²) in [5, 5.41) is 2.90. The van der Waals surface area contributed by atoms with Crippen LogP contribution in [-0.4, -0.2) is 12.5 Å². The summed E-state index contributed by atoms with van der Waals surface area (Å²) in [7, 11) is 0. The van der Waals surface area contributed by atoms with Crippen molar-refractivity contribution >= 4 is 17.2 Å². The van der Waals surface area contributed by atoms with E-state index >= 15 is 0 Å². The number of rotatable bonds is 2. The van der Waals surface area contributed by atoms with Crippen molar-refractivity contribution in [1.29, 1.82) is 0 Å². The zero-order chi connectivity index (χ0) is 17.1. The van der Waals surface area contributed by atoms with Crippen LogP contribution < -0.4 is 5.32 Å². The van der Waals surface area contributed by atoms with E-state index in [0.29, 0.717) is 6.54 Å². The summed E-state index contributed by atoms with van der Waals surface area (Å²) in [5.74, 6) is 6.01. The van der Waals surface area contributed by atoms with E-state index in [9.17, 15) is 4.79 Å². The van der Waals surface area contributed by atoms with E-state index < -0.39 is 0 Å². The third-order valence-electron chi connectivity index (χ3n) is 4.30. The molecular formula is C22H17NOS. The first-order valence-corrected chi connectivity index (χ1v) is 9.16. The third kappa shape index (κ3) is 3.35. The van der Waals surface area contributed by atoms with Crippen LogP contribution >= 0.6 is 11.3 Å². The monoisotopic (exact) mass is 343 g/mol. The molecule has 1 aliphatic rings. The Bertz CT molecular complexity index is 976. The number of aryl methyl sites for hydroxylation is 2. The Morgan fingerprint density at radius 2 is 1.76 bits per heavy atom. The fraction of sp³-hybridized carbons (Fsp3) is 0.136. The number of amides is 1. The summed E-state index contributed by atoms with van der Waals surface area (Å²) in [6, 6.07) is 20.3. The Morgan fingerprint density at radius 3 is 2.64 bits per heavy atom. The van der Waals surface area contributed by atoms with Crippen molar-refractivity contribution in [3.63, 3.8) is 0 Å². The summed E-state index contributed by atoms with van der Waals surface area (Å²) in [6.07, 6.45) is 2.05. The minimum absolute atomic E-state index is 0.0424. The van der Waals surface area contributed by atoms with Gasteiger partial charge in [-0.15, -0.1) is 11.3 Å². The number of carbonyl (C=O) groups excluding carboxylic acids is 1. The highest BCUT2D eigenvalue weighted by atomic mass is 32.1. The van der Waals surface area contributed by atoms with E-state index in [1.165, 1.54) is 21.6 Å². The number of benzene rings is 2. The van der Waals surface area contributed by atoms with Gasteiger partial charge in [0.25, 0.3) is 5.91 Å². The van der Waals surface area contributed by atoms with Crippen molar-refractivity contribution in [3.05, 3.63) is 82.2 Å². The lowest BCUT2D eigenvalue weighted by molar-refractivity contribution is 0.0962. The van der Waals surface area contributed by atoms with Crippen molar-refractivity contribution in [2.45, 2.75) is 12.8 Å². The topological polar surface area (TPSA) is 29.1 Å². The average Bonchev–Trinajstić information content (AvgIpc) is 3.11. The number of nitrogens with one attached hydrogen (secondary N) is 1. The van der Waals surface area contributed by atoms with Gasteiger partial charge in [0.05, 0.1) is 11.4 Å². The lowest BCUT2D eigenvalue weighted by Gasteiger charge is -2.15. The van der Waals surface area contributed by atoms with Gasteiger partial charge in [0.15, 0.2) is 0 Å². The van der Waals surface area contributed by atoms with Crippen molar-refractivity contribution in [2.24, 2.45) is 0 Å². The van der Waals surface area contributed by atoms with E-state index in [4.69, 9.17) is 0 Å². The molecule has 1 amide bonds. The van der Waals surface area contributed by atoms with Gasteiger partial charge in [0.1, 0.15) is 0 Å². The molecule has 0 spiro atoms. The van der Waals surface area contributed by atoms with Gasteiger partial charge in [-0.2, -0.15) is 0 Å². The number of thiophene rings is 1. The summed E-state index contributed by atoms with van der Waals surface area (Å²) in [5.41, 5.74) is 4.89. The van der Waals surface area contributed by atoms with Gasteiger partial charge in [0, 0.05) is 10.4 Å². The average molecular weight is 343 g/mol. The highest BCUT2D eigenvalue weighted by Crippen LogP contribution is 2.39. The standard InChI is InChI=1S/C22H17NOS/c24-22(23-14-6-9-16-7-2-1-3-8-16)20-15-18-13-12-17-10-4-5-11-19(17)21(18)25-20/h1-5,7-8,10-11,15H,12-14H2,(H,23,24). The van der Waals surface area contributed by atoms with Gasteiger partial charge < -0.3 is 5.32 Å². The summed E-state index contributed by atoms with van der Waals surface area (Å²) in [6.45, 7) is 0.354. The van der Waals surface area contributed by atoms with Crippen LogP contribution in [0.25, 0.3) is 10.4 Å². The van der Waals surface area contributed by atoms with E-state index in [-0.39, 0.29) is 5.91 Å². The van der Waals surface area contributed by atoms with Crippen molar-refractivity contribution in [3.8, 4) is 22.3 Å². The molecule has 3 heteroatoms. The SMILES string of the molecule is O=C(NCC#Cc1ccccc1)c1cc2c(s1)-c1ccccc1CC2. The summed E-state index contributed by atoms with van der Waals surface area (Å²) < 4.78 is 0. The maximum atomic E-state index is 12.4. The van der Waals surface area contributed by atoms with Crippen LogP contribution in [-0.2, 0) is 12.8 Å². The Labute approximate surface area is 151 Å². The summed E-state index contributed by atoms with van der Waals surface area (Å²) >= 11 is 1.58. The normalized spacial score (nSPS) is 11.7. The molecule has 1 N–H and O–H groups in total. The van der Waals surface area contributed by atoms with Gasteiger partial charge in [-0.25, -0.2) is 0 Å². The van der Waals surface area contributed by atoms with Crippen LogP contribution in [0.3, 0.4) is 0 Å². The minimum Gasteiger partial charge on any atom is -0.340 e. The van der Waals surface area contributed by atoms with E-state index in [1.807, 2.05) is 36.4 Å².